The van der Waals surface area contributed by atoms with Crippen molar-refractivity contribution in [3.8, 4) is 0 Å². The number of nitrogens with zero attached hydrogens (tertiary/aromatic N) is 3. The van der Waals surface area contributed by atoms with Gasteiger partial charge in [0.05, 0.1) is 5.01 Å². The molecule has 2 rings (SSSR count). The Morgan fingerprint density at radius 1 is 1.54 bits per heavy atom. The van der Waals surface area contributed by atoms with Gasteiger partial charge < -0.3 is 15.5 Å². The van der Waals surface area contributed by atoms with E-state index < -0.39 is 0 Å². The monoisotopic (exact) mass is 351 g/mol. The molecule has 1 aliphatic rings. The SMILES string of the molecule is CN=C(NCCCc1nc(C)cs1)NC1CCN(C(=O)C(C)C)C1. The maximum absolute atomic E-state index is 12.0. The Morgan fingerprint density at radius 3 is 2.96 bits per heavy atom. The second-order valence-electron chi connectivity index (χ2n) is 6.55. The standard InChI is InChI=1S/C17H29N5OS/c1-12(2)16(23)22-9-7-14(10-22)21-17(18-4)19-8-5-6-15-20-13(3)11-24-15/h11-12,14H,5-10H2,1-4H3,(H2,18,19,21). The quantitative estimate of drug-likeness (QED) is 0.466. The van der Waals surface area contributed by atoms with E-state index in [0.717, 1.165) is 50.6 Å². The number of hydrogen-bond donors (Lipinski definition) is 2. The number of aliphatic imine (C=N–C) groups is 1. The minimum absolute atomic E-state index is 0.0654. The van der Waals surface area contributed by atoms with E-state index >= 15 is 0 Å². The molecule has 7 heteroatoms. The fourth-order valence-corrected chi connectivity index (χ4v) is 3.61. The lowest BCUT2D eigenvalue weighted by Crippen LogP contribution is -2.45. The largest absolute Gasteiger partial charge is 0.356 e. The molecule has 1 aromatic rings. The van der Waals surface area contributed by atoms with Crippen molar-refractivity contribution < 1.29 is 4.79 Å². The molecule has 0 radical (unpaired) electrons. The lowest BCUT2D eigenvalue weighted by atomic mass is 10.2. The van der Waals surface area contributed by atoms with Crippen LogP contribution in [-0.2, 0) is 11.2 Å². The zero-order valence-electron chi connectivity index (χ0n) is 15.1. The Morgan fingerprint density at radius 2 is 2.33 bits per heavy atom. The summed E-state index contributed by atoms with van der Waals surface area (Å²) in [7, 11) is 1.78. The molecule has 0 aromatic carbocycles. The smallest absolute Gasteiger partial charge is 0.225 e. The van der Waals surface area contributed by atoms with Gasteiger partial charge in [0, 0.05) is 56.1 Å². The number of aryl methyl sites for hydroxylation is 2. The van der Waals surface area contributed by atoms with Crippen molar-refractivity contribution in [2.75, 3.05) is 26.7 Å². The summed E-state index contributed by atoms with van der Waals surface area (Å²) in [4.78, 5) is 22.7. The van der Waals surface area contributed by atoms with Crippen LogP contribution >= 0.6 is 11.3 Å². The number of amides is 1. The maximum Gasteiger partial charge on any atom is 0.225 e. The van der Waals surface area contributed by atoms with E-state index in [1.165, 1.54) is 5.01 Å². The lowest BCUT2D eigenvalue weighted by Gasteiger charge is -2.20. The number of hydrogen-bond acceptors (Lipinski definition) is 4. The highest BCUT2D eigenvalue weighted by Crippen LogP contribution is 2.13. The van der Waals surface area contributed by atoms with Crippen LogP contribution in [0.15, 0.2) is 10.4 Å². The molecule has 0 saturated carbocycles. The highest BCUT2D eigenvalue weighted by molar-refractivity contribution is 7.09. The van der Waals surface area contributed by atoms with Crippen LogP contribution in [0.4, 0.5) is 0 Å². The van der Waals surface area contributed by atoms with Crippen molar-refractivity contribution >= 4 is 23.2 Å². The van der Waals surface area contributed by atoms with Crippen molar-refractivity contribution in [1.29, 1.82) is 0 Å². The molecule has 0 aliphatic carbocycles. The zero-order chi connectivity index (χ0) is 17.5. The van der Waals surface area contributed by atoms with E-state index in [2.05, 4.69) is 26.0 Å². The fourth-order valence-electron chi connectivity index (χ4n) is 2.80. The van der Waals surface area contributed by atoms with E-state index in [9.17, 15) is 4.79 Å². The minimum atomic E-state index is 0.0654. The van der Waals surface area contributed by atoms with Crippen LogP contribution in [0.5, 0.6) is 0 Å². The van der Waals surface area contributed by atoms with E-state index in [0.29, 0.717) is 0 Å². The number of carbonyl (C=O) groups excluding carboxylic acids is 1. The third-order valence-corrected chi connectivity index (χ3v) is 5.11. The van der Waals surface area contributed by atoms with E-state index in [1.807, 2.05) is 25.7 Å². The molecule has 1 aromatic heterocycles. The van der Waals surface area contributed by atoms with Crippen molar-refractivity contribution in [3.05, 3.63) is 16.1 Å². The van der Waals surface area contributed by atoms with E-state index in [1.54, 1.807) is 18.4 Å². The molecular formula is C17H29N5OS. The molecule has 6 nitrogen and oxygen atoms in total. The molecule has 0 bridgehead atoms. The van der Waals surface area contributed by atoms with E-state index in [4.69, 9.17) is 0 Å². The Balaban J connectivity index is 1.68. The van der Waals surface area contributed by atoms with Crippen LogP contribution < -0.4 is 10.6 Å². The van der Waals surface area contributed by atoms with Crippen molar-refractivity contribution in [1.82, 2.24) is 20.5 Å². The molecular weight excluding hydrogens is 322 g/mol. The number of thiazole rings is 1. The van der Waals surface area contributed by atoms with Crippen LogP contribution in [-0.4, -0.2) is 54.5 Å². The molecule has 2 N–H and O–H groups in total. The highest BCUT2D eigenvalue weighted by Gasteiger charge is 2.27. The third kappa shape index (κ3) is 5.47. The molecule has 1 fully saturated rings. The number of carbonyl (C=O) groups is 1. The van der Waals surface area contributed by atoms with Crippen molar-refractivity contribution in [2.24, 2.45) is 10.9 Å². The second kappa shape index (κ2) is 9.01. The predicted octanol–water partition coefficient (Wildman–Crippen LogP) is 1.81. The van der Waals surface area contributed by atoms with Gasteiger partial charge in [0.15, 0.2) is 5.96 Å². The molecule has 1 atom stereocenters. The summed E-state index contributed by atoms with van der Waals surface area (Å²) in [6.07, 6.45) is 2.98. The molecule has 134 valence electrons. The summed E-state index contributed by atoms with van der Waals surface area (Å²) in [5, 5.41) is 10.1. The zero-order valence-corrected chi connectivity index (χ0v) is 15.9. The molecule has 0 spiro atoms. The number of nitrogens with one attached hydrogen (secondary N) is 2. The summed E-state index contributed by atoms with van der Waals surface area (Å²) in [6.45, 7) is 8.38. The maximum atomic E-state index is 12.0. The molecule has 2 heterocycles. The fraction of sp³-hybridized carbons (Fsp3) is 0.706. The Kier molecular flexibility index (Phi) is 7.02. The highest BCUT2D eigenvalue weighted by atomic mass is 32.1. The van der Waals surface area contributed by atoms with Gasteiger partial charge in [0.1, 0.15) is 0 Å². The molecule has 1 aliphatic heterocycles. The Hall–Kier alpha value is -1.63. The summed E-state index contributed by atoms with van der Waals surface area (Å²) >= 11 is 1.72. The van der Waals surface area contributed by atoms with Gasteiger partial charge in [-0.15, -0.1) is 11.3 Å². The van der Waals surface area contributed by atoms with Gasteiger partial charge in [-0.05, 0) is 19.8 Å². The Labute approximate surface area is 148 Å². The third-order valence-electron chi connectivity index (χ3n) is 4.08. The first-order valence-corrected chi connectivity index (χ1v) is 9.54. The Bertz CT molecular complexity index is 569. The van der Waals surface area contributed by atoms with Crippen molar-refractivity contribution in [3.63, 3.8) is 0 Å². The first-order valence-electron chi connectivity index (χ1n) is 8.66. The predicted molar refractivity (Wildman–Crippen MR) is 99.5 cm³/mol. The summed E-state index contributed by atoms with van der Waals surface area (Å²) in [5.74, 6) is 1.12. The van der Waals surface area contributed by atoms with Gasteiger partial charge in [-0.3, -0.25) is 9.79 Å². The van der Waals surface area contributed by atoms with Gasteiger partial charge in [-0.2, -0.15) is 0 Å². The minimum Gasteiger partial charge on any atom is -0.356 e. The molecule has 1 saturated heterocycles. The summed E-state index contributed by atoms with van der Waals surface area (Å²) in [6, 6.07) is 0.278. The average Bonchev–Trinajstić information content (AvgIpc) is 3.18. The van der Waals surface area contributed by atoms with Crippen LogP contribution in [0, 0.1) is 12.8 Å². The molecule has 24 heavy (non-hydrogen) atoms. The number of rotatable bonds is 6. The molecule has 1 unspecified atom stereocenters. The van der Waals surface area contributed by atoms with Crippen LogP contribution in [0.3, 0.4) is 0 Å². The number of aromatic nitrogens is 1. The second-order valence-corrected chi connectivity index (χ2v) is 7.50. The topological polar surface area (TPSA) is 69.6 Å². The molecule has 1 amide bonds. The van der Waals surface area contributed by atoms with Gasteiger partial charge in [0.25, 0.3) is 0 Å². The normalized spacial score (nSPS) is 18.3. The van der Waals surface area contributed by atoms with E-state index in [-0.39, 0.29) is 17.9 Å². The number of likely N-dealkylation sites (tertiary alicyclic amines) is 1. The first-order chi connectivity index (χ1) is 11.5. The van der Waals surface area contributed by atoms with Crippen LogP contribution in [0.1, 0.15) is 37.4 Å². The first kappa shape index (κ1) is 18.7. The lowest BCUT2D eigenvalue weighted by molar-refractivity contribution is -0.133. The van der Waals surface area contributed by atoms with Crippen molar-refractivity contribution in [2.45, 2.75) is 46.1 Å². The number of guanidine groups is 1. The van der Waals surface area contributed by atoms with Crippen LogP contribution in [0.2, 0.25) is 0 Å². The van der Waals surface area contributed by atoms with Gasteiger partial charge >= 0.3 is 0 Å². The summed E-state index contributed by atoms with van der Waals surface area (Å²) < 4.78 is 0. The summed E-state index contributed by atoms with van der Waals surface area (Å²) in [5.41, 5.74) is 1.10. The average molecular weight is 352 g/mol. The van der Waals surface area contributed by atoms with Crippen LogP contribution in [0.25, 0.3) is 0 Å². The van der Waals surface area contributed by atoms with Gasteiger partial charge in [0.2, 0.25) is 5.91 Å². The van der Waals surface area contributed by atoms with Gasteiger partial charge in [-0.25, -0.2) is 4.98 Å². The van der Waals surface area contributed by atoms with Gasteiger partial charge in [-0.1, -0.05) is 13.8 Å².